The van der Waals surface area contributed by atoms with Crippen molar-refractivity contribution in [3.63, 3.8) is 0 Å². The van der Waals surface area contributed by atoms with Crippen LogP contribution in [-0.4, -0.2) is 21.6 Å². The Balaban J connectivity index is 1.50. The molecular weight excluding hydrogens is 442 g/mol. The molecule has 4 aromatic rings. The molecule has 1 saturated carbocycles. The molecular formula is C27H27N5O3. The lowest BCUT2D eigenvalue weighted by Gasteiger charge is -2.13. The number of carbonyl (C=O) groups is 1. The molecule has 178 valence electrons. The third-order valence-corrected chi connectivity index (χ3v) is 5.97. The first kappa shape index (κ1) is 22.5. The molecule has 1 aliphatic rings. The summed E-state index contributed by atoms with van der Waals surface area (Å²) in [5, 5.41) is 16.7. The molecule has 8 nitrogen and oxygen atoms in total. The van der Waals surface area contributed by atoms with Gasteiger partial charge in [0.25, 0.3) is 0 Å². The third kappa shape index (κ3) is 4.99. The van der Waals surface area contributed by atoms with Crippen LogP contribution < -0.4 is 15.4 Å². The van der Waals surface area contributed by atoms with Crippen LogP contribution in [0.15, 0.2) is 59.3 Å². The predicted molar refractivity (Wildman–Crippen MR) is 133 cm³/mol. The number of carbonyl (C=O) groups excluding carboxylic acids is 1. The smallest absolute Gasteiger partial charge is 0.319 e. The molecule has 1 aliphatic carbocycles. The maximum absolute atomic E-state index is 12.0. The fraction of sp³-hybridized carbons (Fsp3) is 0.296. The minimum atomic E-state index is -0.245. The Bertz CT molecular complexity index is 1380. The van der Waals surface area contributed by atoms with E-state index in [1.165, 1.54) is 19.1 Å². The molecule has 0 spiro atoms. The fourth-order valence-corrected chi connectivity index (χ4v) is 4.19. The number of nitrogens with zero attached hydrogens (tertiary/aromatic N) is 3. The molecule has 2 heterocycles. The van der Waals surface area contributed by atoms with Gasteiger partial charge in [-0.05, 0) is 62.4 Å². The minimum absolute atomic E-state index is 0.0507. The summed E-state index contributed by atoms with van der Waals surface area (Å²) in [6, 6.07) is 15.7. The summed E-state index contributed by atoms with van der Waals surface area (Å²) in [4.78, 5) is 16.1. The Morgan fingerprint density at radius 1 is 1.26 bits per heavy atom. The van der Waals surface area contributed by atoms with Crippen LogP contribution in [0.1, 0.15) is 38.1 Å². The van der Waals surface area contributed by atoms with Crippen LogP contribution in [0, 0.1) is 17.2 Å². The van der Waals surface area contributed by atoms with Crippen LogP contribution in [0.3, 0.4) is 0 Å². The Morgan fingerprint density at radius 3 is 2.71 bits per heavy atom. The number of anilines is 1. The Hall–Kier alpha value is -4.25. The molecule has 0 unspecified atom stereocenters. The second kappa shape index (κ2) is 9.55. The molecule has 8 heteroatoms. The van der Waals surface area contributed by atoms with Crippen molar-refractivity contribution in [2.24, 2.45) is 5.92 Å². The zero-order chi connectivity index (χ0) is 24.4. The monoisotopic (exact) mass is 469 g/mol. The maximum Gasteiger partial charge on any atom is 0.319 e. The van der Waals surface area contributed by atoms with Gasteiger partial charge in [0.2, 0.25) is 5.89 Å². The summed E-state index contributed by atoms with van der Waals surface area (Å²) >= 11 is 0. The van der Waals surface area contributed by atoms with E-state index in [0.717, 1.165) is 28.7 Å². The Labute approximate surface area is 203 Å². The van der Waals surface area contributed by atoms with Gasteiger partial charge in [-0.25, -0.2) is 9.78 Å². The van der Waals surface area contributed by atoms with Gasteiger partial charge in [0.15, 0.2) is 6.61 Å². The van der Waals surface area contributed by atoms with Gasteiger partial charge in [-0.3, -0.25) is 0 Å². The van der Waals surface area contributed by atoms with Crippen LogP contribution in [0.4, 0.5) is 10.5 Å². The zero-order valence-electron chi connectivity index (χ0n) is 19.7. The molecule has 1 fully saturated rings. The fourth-order valence-electron chi connectivity index (χ4n) is 4.19. The molecule has 0 bridgehead atoms. The highest BCUT2D eigenvalue weighted by Gasteiger charge is 2.26. The van der Waals surface area contributed by atoms with Crippen molar-refractivity contribution < 1.29 is 13.9 Å². The SMILES string of the molecule is CC(C)NC(=O)Nc1ccc(-c2c(C#N)c3ccc(OCc4ncco4)cc3n2CC2CC2)cc1. The van der Waals surface area contributed by atoms with E-state index in [0.29, 0.717) is 28.8 Å². The number of ether oxygens (including phenoxy) is 1. The topological polar surface area (TPSA) is 105 Å². The molecule has 5 rings (SSSR count). The molecule has 2 amide bonds. The lowest BCUT2D eigenvalue weighted by molar-refractivity contribution is 0.250. The highest BCUT2D eigenvalue weighted by molar-refractivity contribution is 5.96. The van der Waals surface area contributed by atoms with Crippen molar-refractivity contribution >= 4 is 22.6 Å². The number of amides is 2. The minimum Gasteiger partial charge on any atom is -0.484 e. The van der Waals surface area contributed by atoms with Crippen LogP contribution in [-0.2, 0) is 13.2 Å². The number of aromatic nitrogens is 2. The van der Waals surface area contributed by atoms with Gasteiger partial charge >= 0.3 is 6.03 Å². The largest absolute Gasteiger partial charge is 0.484 e. The molecule has 0 radical (unpaired) electrons. The molecule has 2 N–H and O–H groups in total. The van der Waals surface area contributed by atoms with Crippen molar-refractivity contribution in [3.05, 3.63) is 66.4 Å². The van der Waals surface area contributed by atoms with E-state index in [2.05, 4.69) is 26.3 Å². The number of fused-ring (bicyclic) bond motifs is 1. The molecule has 35 heavy (non-hydrogen) atoms. The summed E-state index contributed by atoms with van der Waals surface area (Å²) in [5.41, 5.74) is 4.11. The second-order valence-electron chi connectivity index (χ2n) is 9.11. The predicted octanol–water partition coefficient (Wildman–Crippen LogP) is 5.69. The van der Waals surface area contributed by atoms with E-state index in [1.807, 2.05) is 56.3 Å². The number of oxazole rings is 1. The van der Waals surface area contributed by atoms with E-state index in [9.17, 15) is 10.1 Å². The molecule has 0 saturated heterocycles. The maximum atomic E-state index is 12.0. The van der Waals surface area contributed by atoms with Gasteiger partial charge < -0.3 is 24.4 Å². The van der Waals surface area contributed by atoms with Crippen LogP contribution in [0.2, 0.25) is 0 Å². The zero-order valence-corrected chi connectivity index (χ0v) is 19.7. The average Bonchev–Trinajstić information content (AvgIpc) is 3.40. The number of urea groups is 1. The van der Waals surface area contributed by atoms with E-state index < -0.39 is 0 Å². The quantitative estimate of drug-likeness (QED) is 0.345. The van der Waals surface area contributed by atoms with E-state index >= 15 is 0 Å². The standard InChI is InChI=1S/C27H27N5O3/c1-17(2)30-27(33)31-20-7-5-19(6-8-20)26-23(14-28)22-10-9-21(35-16-25-29-11-12-34-25)13-24(22)32(26)15-18-3-4-18/h5-13,17-18H,3-4,15-16H2,1-2H3,(H2,30,31,33). The van der Waals surface area contributed by atoms with E-state index in [4.69, 9.17) is 9.15 Å². The normalized spacial score (nSPS) is 13.1. The highest BCUT2D eigenvalue weighted by Crippen LogP contribution is 2.39. The van der Waals surface area contributed by atoms with Crippen molar-refractivity contribution in [1.82, 2.24) is 14.9 Å². The Morgan fingerprint density at radius 2 is 2.06 bits per heavy atom. The number of nitriles is 1. The molecule has 2 aromatic heterocycles. The first-order chi connectivity index (χ1) is 17.0. The first-order valence-electron chi connectivity index (χ1n) is 11.8. The summed E-state index contributed by atoms with van der Waals surface area (Å²) in [6.07, 6.45) is 5.49. The summed E-state index contributed by atoms with van der Waals surface area (Å²) in [7, 11) is 0. The van der Waals surface area contributed by atoms with Crippen molar-refractivity contribution in [3.8, 4) is 23.1 Å². The van der Waals surface area contributed by atoms with Crippen molar-refractivity contribution in [2.75, 3.05) is 5.32 Å². The van der Waals surface area contributed by atoms with Crippen molar-refractivity contribution in [2.45, 2.75) is 45.9 Å². The number of hydrogen-bond acceptors (Lipinski definition) is 5. The lowest BCUT2D eigenvalue weighted by Crippen LogP contribution is -2.34. The van der Waals surface area contributed by atoms with Gasteiger partial charge in [-0.15, -0.1) is 0 Å². The van der Waals surface area contributed by atoms with Crippen LogP contribution in [0.25, 0.3) is 22.2 Å². The number of nitrogens with one attached hydrogen (secondary N) is 2. The molecule has 0 aliphatic heterocycles. The van der Waals surface area contributed by atoms with Crippen LogP contribution in [0.5, 0.6) is 5.75 Å². The van der Waals surface area contributed by atoms with E-state index in [1.54, 1.807) is 6.20 Å². The number of hydrogen-bond donors (Lipinski definition) is 2. The van der Waals surface area contributed by atoms with Gasteiger partial charge in [0, 0.05) is 29.7 Å². The molecule has 0 atom stereocenters. The highest BCUT2D eigenvalue weighted by atomic mass is 16.5. The number of rotatable bonds is 8. The number of benzene rings is 2. The third-order valence-electron chi connectivity index (χ3n) is 5.97. The lowest BCUT2D eigenvalue weighted by atomic mass is 10.1. The van der Waals surface area contributed by atoms with Gasteiger partial charge in [-0.2, -0.15) is 5.26 Å². The summed E-state index contributed by atoms with van der Waals surface area (Å²) < 4.78 is 13.4. The first-order valence-corrected chi connectivity index (χ1v) is 11.8. The van der Waals surface area contributed by atoms with Crippen molar-refractivity contribution in [1.29, 1.82) is 5.26 Å². The summed E-state index contributed by atoms with van der Waals surface area (Å²) in [5.74, 6) is 1.80. The van der Waals surface area contributed by atoms with E-state index in [-0.39, 0.29) is 18.7 Å². The van der Waals surface area contributed by atoms with Gasteiger partial charge in [0.05, 0.1) is 23.0 Å². The van der Waals surface area contributed by atoms with Crippen LogP contribution >= 0.6 is 0 Å². The second-order valence-corrected chi connectivity index (χ2v) is 9.11. The summed E-state index contributed by atoms with van der Waals surface area (Å²) in [6.45, 7) is 4.90. The average molecular weight is 470 g/mol. The van der Waals surface area contributed by atoms with Gasteiger partial charge in [-0.1, -0.05) is 12.1 Å². The van der Waals surface area contributed by atoms with Gasteiger partial charge in [0.1, 0.15) is 18.1 Å². The molecule has 2 aromatic carbocycles. The Kier molecular flexibility index (Phi) is 6.15.